The number of nitrogens with one attached hydrogen (secondary N) is 1. The van der Waals surface area contributed by atoms with Crippen molar-refractivity contribution in [2.75, 3.05) is 18.0 Å². The first-order valence-corrected chi connectivity index (χ1v) is 8.59. The molecule has 0 radical (unpaired) electrons. The highest BCUT2D eigenvalue weighted by molar-refractivity contribution is 5.79. The fraction of sp³-hybridized carbons (Fsp3) is 0.389. The minimum absolute atomic E-state index is 0.00538. The molecule has 1 aliphatic heterocycles. The van der Waals surface area contributed by atoms with Crippen molar-refractivity contribution in [2.24, 2.45) is 5.92 Å². The van der Waals surface area contributed by atoms with Crippen LogP contribution >= 0.6 is 0 Å². The number of amides is 1. The Hall–Kier alpha value is -2.78. The third-order valence-corrected chi connectivity index (χ3v) is 4.52. The number of hydrogen-bond donors (Lipinski definition) is 1. The first-order chi connectivity index (χ1) is 13.2. The molecule has 1 amide bonds. The molecule has 28 heavy (non-hydrogen) atoms. The Morgan fingerprint density at radius 2 is 1.71 bits per heavy atom. The van der Waals surface area contributed by atoms with Crippen LogP contribution in [0.3, 0.4) is 0 Å². The smallest absolute Gasteiger partial charge is 0.356 e. The summed E-state index contributed by atoms with van der Waals surface area (Å²) < 4.78 is 64.7. The molecule has 1 fully saturated rings. The van der Waals surface area contributed by atoms with Crippen molar-refractivity contribution >= 4 is 11.7 Å². The molecule has 2 heterocycles. The molecule has 2 aromatic rings. The molecule has 0 bridgehead atoms. The lowest BCUT2D eigenvalue weighted by Gasteiger charge is -2.32. The summed E-state index contributed by atoms with van der Waals surface area (Å²) in [5.41, 5.74) is -0.705. The third kappa shape index (κ3) is 4.93. The first-order valence-electron chi connectivity index (χ1n) is 8.59. The summed E-state index contributed by atoms with van der Waals surface area (Å²) in [6, 6.07) is 3.91. The molecule has 1 aromatic carbocycles. The summed E-state index contributed by atoms with van der Waals surface area (Å²) in [6.45, 7) is 0.719. The Morgan fingerprint density at radius 3 is 2.32 bits per heavy atom. The summed E-state index contributed by atoms with van der Waals surface area (Å²) >= 11 is 0. The van der Waals surface area contributed by atoms with E-state index in [0.717, 1.165) is 30.6 Å². The van der Waals surface area contributed by atoms with Gasteiger partial charge in [-0.2, -0.15) is 13.2 Å². The van der Waals surface area contributed by atoms with Gasteiger partial charge in [0.15, 0.2) is 0 Å². The molecular weight excluding hydrogens is 383 g/mol. The van der Waals surface area contributed by atoms with Crippen molar-refractivity contribution in [3.63, 3.8) is 0 Å². The SMILES string of the molecule is O=C(NCc1cc(F)cc(F)c1)C1CCN(c2cc(C(F)(F)F)ncn2)CC1. The van der Waals surface area contributed by atoms with E-state index in [2.05, 4.69) is 15.3 Å². The molecule has 1 aliphatic rings. The molecule has 0 spiro atoms. The van der Waals surface area contributed by atoms with E-state index in [1.807, 2.05) is 0 Å². The van der Waals surface area contributed by atoms with Crippen molar-refractivity contribution < 1.29 is 26.7 Å². The van der Waals surface area contributed by atoms with Crippen LogP contribution in [-0.2, 0) is 17.5 Å². The molecule has 0 unspecified atom stereocenters. The number of alkyl halides is 3. The second-order valence-electron chi connectivity index (χ2n) is 6.52. The van der Waals surface area contributed by atoms with Crippen LogP contribution in [0, 0.1) is 17.6 Å². The van der Waals surface area contributed by atoms with Crippen LogP contribution in [0.15, 0.2) is 30.6 Å². The van der Waals surface area contributed by atoms with E-state index < -0.39 is 23.5 Å². The van der Waals surface area contributed by atoms with E-state index in [9.17, 15) is 26.7 Å². The number of rotatable bonds is 4. The Bertz CT molecular complexity index is 830. The highest BCUT2D eigenvalue weighted by Gasteiger charge is 2.34. The number of nitrogens with zero attached hydrogens (tertiary/aromatic N) is 3. The third-order valence-electron chi connectivity index (χ3n) is 4.52. The predicted octanol–water partition coefficient (Wildman–Crippen LogP) is 3.31. The molecule has 3 rings (SSSR count). The zero-order valence-corrected chi connectivity index (χ0v) is 14.6. The van der Waals surface area contributed by atoms with Crippen molar-refractivity contribution in [1.29, 1.82) is 0 Å². The number of benzene rings is 1. The van der Waals surface area contributed by atoms with Crippen LogP contribution in [0.25, 0.3) is 0 Å². The molecule has 1 saturated heterocycles. The number of anilines is 1. The number of carbonyl (C=O) groups excluding carboxylic acids is 1. The summed E-state index contributed by atoms with van der Waals surface area (Å²) in [7, 11) is 0. The fourth-order valence-electron chi connectivity index (χ4n) is 3.09. The van der Waals surface area contributed by atoms with Crippen molar-refractivity contribution in [3.8, 4) is 0 Å². The Labute approximate surface area is 157 Å². The van der Waals surface area contributed by atoms with Crippen LogP contribution in [0.5, 0.6) is 0 Å². The zero-order valence-electron chi connectivity index (χ0n) is 14.6. The zero-order chi connectivity index (χ0) is 20.3. The lowest BCUT2D eigenvalue weighted by molar-refractivity contribution is -0.141. The molecule has 1 aromatic heterocycles. The summed E-state index contributed by atoms with van der Waals surface area (Å²) in [4.78, 5) is 21.1. The van der Waals surface area contributed by atoms with Gasteiger partial charge in [0.2, 0.25) is 5.91 Å². The number of piperidine rings is 1. The molecule has 150 valence electrons. The monoisotopic (exact) mass is 400 g/mol. The number of aromatic nitrogens is 2. The number of halogens is 5. The lowest BCUT2D eigenvalue weighted by Crippen LogP contribution is -2.40. The average molecular weight is 400 g/mol. The van der Waals surface area contributed by atoms with Crippen molar-refractivity contribution in [1.82, 2.24) is 15.3 Å². The molecule has 0 aliphatic carbocycles. The topological polar surface area (TPSA) is 58.1 Å². The second kappa shape index (κ2) is 8.07. The average Bonchev–Trinajstić information content (AvgIpc) is 2.65. The predicted molar refractivity (Wildman–Crippen MR) is 90.2 cm³/mol. The maximum absolute atomic E-state index is 13.2. The minimum Gasteiger partial charge on any atom is -0.356 e. The highest BCUT2D eigenvalue weighted by atomic mass is 19.4. The van der Waals surface area contributed by atoms with E-state index in [0.29, 0.717) is 31.5 Å². The van der Waals surface area contributed by atoms with Crippen LogP contribution in [0.2, 0.25) is 0 Å². The minimum atomic E-state index is -4.55. The molecule has 1 N–H and O–H groups in total. The lowest BCUT2D eigenvalue weighted by atomic mass is 9.95. The second-order valence-corrected chi connectivity index (χ2v) is 6.52. The van der Waals surface area contributed by atoms with E-state index in [4.69, 9.17) is 0 Å². The van der Waals surface area contributed by atoms with E-state index in [1.165, 1.54) is 0 Å². The molecule has 5 nitrogen and oxygen atoms in total. The molecule has 0 atom stereocenters. The van der Waals surface area contributed by atoms with Crippen molar-refractivity contribution in [3.05, 3.63) is 53.5 Å². The molecule has 0 saturated carbocycles. The fourth-order valence-corrected chi connectivity index (χ4v) is 3.09. The standard InChI is InChI=1S/C18H17F5N4O/c19-13-5-11(6-14(20)7-13)9-24-17(28)12-1-3-27(4-2-12)16-8-15(18(21,22)23)25-10-26-16/h5-8,10,12H,1-4,9H2,(H,24,28). The van der Waals surface area contributed by atoms with Gasteiger partial charge in [0.05, 0.1) is 0 Å². The Kier molecular flexibility index (Phi) is 5.76. The summed E-state index contributed by atoms with van der Waals surface area (Å²) in [5.74, 6) is -1.88. The van der Waals surface area contributed by atoms with E-state index in [-0.39, 0.29) is 24.2 Å². The van der Waals surface area contributed by atoms with Gasteiger partial charge in [-0.3, -0.25) is 4.79 Å². The van der Waals surface area contributed by atoms with Gasteiger partial charge in [-0.25, -0.2) is 18.7 Å². The van der Waals surface area contributed by atoms with Gasteiger partial charge in [0, 0.05) is 37.7 Å². The van der Waals surface area contributed by atoms with Crippen LogP contribution < -0.4 is 10.2 Å². The Morgan fingerprint density at radius 1 is 1.07 bits per heavy atom. The van der Waals surface area contributed by atoms with Gasteiger partial charge in [-0.05, 0) is 30.5 Å². The van der Waals surface area contributed by atoms with Gasteiger partial charge in [0.25, 0.3) is 0 Å². The molecular formula is C18H17F5N4O. The van der Waals surface area contributed by atoms with E-state index in [1.54, 1.807) is 4.90 Å². The van der Waals surface area contributed by atoms with Gasteiger partial charge < -0.3 is 10.2 Å². The van der Waals surface area contributed by atoms with Crippen LogP contribution in [0.1, 0.15) is 24.1 Å². The summed E-state index contributed by atoms with van der Waals surface area (Å²) in [6.07, 6.45) is -2.83. The maximum Gasteiger partial charge on any atom is 0.433 e. The van der Waals surface area contributed by atoms with Crippen LogP contribution in [-0.4, -0.2) is 29.0 Å². The van der Waals surface area contributed by atoms with Gasteiger partial charge in [0.1, 0.15) is 29.5 Å². The van der Waals surface area contributed by atoms with Gasteiger partial charge in [-0.1, -0.05) is 0 Å². The van der Waals surface area contributed by atoms with Gasteiger partial charge >= 0.3 is 6.18 Å². The quantitative estimate of drug-likeness (QED) is 0.801. The van der Waals surface area contributed by atoms with Crippen molar-refractivity contribution in [2.45, 2.75) is 25.6 Å². The Balaban J connectivity index is 1.54. The number of carbonyl (C=O) groups is 1. The molecule has 10 heteroatoms. The maximum atomic E-state index is 13.2. The number of hydrogen-bond acceptors (Lipinski definition) is 4. The highest BCUT2D eigenvalue weighted by Crippen LogP contribution is 2.30. The largest absolute Gasteiger partial charge is 0.433 e. The van der Waals surface area contributed by atoms with Crippen LogP contribution in [0.4, 0.5) is 27.8 Å². The van der Waals surface area contributed by atoms with E-state index >= 15 is 0 Å². The van der Waals surface area contributed by atoms with Gasteiger partial charge in [-0.15, -0.1) is 0 Å². The summed E-state index contributed by atoms with van der Waals surface area (Å²) in [5, 5.41) is 2.64. The normalized spacial score (nSPS) is 15.5. The first kappa shape index (κ1) is 20.0.